The van der Waals surface area contributed by atoms with Crippen molar-refractivity contribution < 1.29 is 14.3 Å². The molecule has 7 heteroatoms. The summed E-state index contributed by atoms with van der Waals surface area (Å²) in [7, 11) is 1.62. The maximum Gasteiger partial charge on any atom is 0.180 e. The molecule has 0 radical (unpaired) electrons. The first-order valence-corrected chi connectivity index (χ1v) is 10.2. The molecule has 5 rings (SSSR count). The molecule has 2 aromatic heterocycles. The summed E-state index contributed by atoms with van der Waals surface area (Å²) in [4.78, 5) is 21.1. The molecule has 0 fully saturated rings. The number of anilines is 2. The van der Waals surface area contributed by atoms with Crippen LogP contribution in [-0.2, 0) is 17.6 Å². The molecule has 0 spiro atoms. The minimum atomic E-state index is 0.261. The van der Waals surface area contributed by atoms with E-state index in [0.717, 1.165) is 28.1 Å². The number of hydrogen-bond acceptors (Lipinski definition) is 6. The van der Waals surface area contributed by atoms with Crippen molar-refractivity contribution in [2.75, 3.05) is 19.0 Å². The number of rotatable bonds is 6. The van der Waals surface area contributed by atoms with E-state index in [9.17, 15) is 4.79 Å². The summed E-state index contributed by atoms with van der Waals surface area (Å²) in [6, 6.07) is 11.8. The number of aromatic nitrogens is 3. The van der Waals surface area contributed by atoms with Gasteiger partial charge in [0, 0.05) is 48.7 Å². The fourth-order valence-corrected chi connectivity index (χ4v) is 3.92. The van der Waals surface area contributed by atoms with E-state index in [1.54, 1.807) is 13.3 Å². The second kappa shape index (κ2) is 7.75. The van der Waals surface area contributed by atoms with Crippen LogP contribution < -0.4 is 14.8 Å². The van der Waals surface area contributed by atoms with Gasteiger partial charge in [-0.25, -0.2) is 9.97 Å². The number of nitrogens with zero attached hydrogens (tertiary/aromatic N) is 3. The monoisotopic (exact) mass is 414 g/mol. The number of carbonyl (C=O) groups is 1. The van der Waals surface area contributed by atoms with Crippen LogP contribution in [0.15, 0.2) is 55.0 Å². The first kappa shape index (κ1) is 19.1. The normalized spacial score (nSPS) is 12.8. The molecular weight excluding hydrogens is 392 g/mol. The lowest BCUT2D eigenvalue weighted by molar-refractivity contribution is -0.117. The van der Waals surface area contributed by atoms with Crippen LogP contribution in [-0.4, -0.2) is 33.9 Å². The van der Waals surface area contributed by atoms with Crippen LogP contribution >= 0.6 is 0 Å². The smallest absolute Gasteiger partial charge is 0.180 e. The molecule has 7 nitrogen and oxygen atoms in total. The van der Waals surface area contributed by atoms with E-state index in [0.29, 0.717) is 42.4 Å². The van der Waals surface area contributed by atoms with Gasteiger partial charge in [0.25, 0.3) is 0 Å². The van der Waals surface area contributed by atoms with Crippen LogP contribution in [0.3, 0.4) is 0 Å². The van der Waals surface area contributed by atoms with Gasteiger partial charge in [-0.3, -0.25) is 4.79 Å². The Labute approximate surface area is 179 Å². The second-order valence-corrected chi connectivity index (χ2v) is 7.43. The molecule has 0 amide bonds. The highest BCUT2D eigenvalue weighted by Crippen LogP contribution is 2.33. The lowest BCUT2D eigenvalue weighted by Gasteiger charge is -2.13. The molecule has 1 N–H and O–H groups in total. The average molecular weight is 414 g/mol. The predicted octanol–water partition coefficient (Wildman–Crippen LogP) is 4.21. The Hall–Kier alpha value is -3.87. The number of fused-ring (bicyclic) bond motifs is 2. The Morgan fingerprint density at radius 2 is 1.97 bits per heavy atom. The van der Waals surface area contributed by atoms with Crippen molar-refractivity contribution in [3.05, 3.63) is 66.1 Å². The van der Waals surface area contributed by atoms with Gasteiger partial charge in [-0.2, -0.15) is 0 Å². The Morgan fingerprint density at radius 1 is 1.10 bits per heavy atom. The number of ketones is 1. The average Bonchev–Trinajstić information content (AvgIpc) is 3.39. The molecule has 2 heterocycles. The summed E-state index contributed by atoms with van der Waals surface area (Å²) in [6.07, 6.45) is 6.60. The number of imidazole rings is 1. The molecule has 156 valence electrons. The number of ether oxygens (including phenoxy) is 2. The lowest BCUT2D eigenvalue weighted by Crippen LogP contribution is -2.01. The summed E-state index contributed by atoms with van der Waals surface area (Å²) in [6.45, 7) is 2.50. The molecule has 0 atom stereocenters. The quantitative estimate of drug-likeness (QED) is 0.509. The third-order valence-corrected chi connectivity index (χ3v) is 5.38. The zero-order valence-electron chi connectivity index (χ0n) is 17.4. The van der Waals surface area contributed by atoms with Gasteiger partial charge in [-0.15, -0.1) is 0 Å². The Bertz CT molecular complexity index is 1300. The molecule has 0 unspecified atom stereocenters. The van der Waals surface area contributed by atoms with Crippen LogP contribution in [0, 0.1) is 0 Å². The summed E-state index contributed by atoms with van der Waals surface area (Å²) >= 11 is 0. The van der Waals surface area contributed by atoms with Gasteiger partial charge in [-0.05, 0) is 36.2 Å². The first-order chi connectivity index (χ1) is 15.1. The van der Waals surface area contributed by atoms with Crippen molar-refractivity contribution in [2.45, 2.75) is 19.8 Å². The van der Waals surface area contributed by atoms with E-state index in [1.165, 1.54) is 0 Å². The van der Waals surface area contributed by atoms with Gasteiger partial charge in [0.05, 0.1) is 19.4 Å². The number of Topliss-reactive ketones (excluding diaryl/α,β-unsaturated/α-hetero) is 1. The third kappa shape index (κ3) is 3.59. The van der Waals surface area contributed by atoms with Crippen LogP contribution in [0.1, 0.15) is 18.1 Å². The van der Waals surface area contributed by atoms with Crippen LogP contribution in [0.25, 0.3) is 16.9 Å². The number of carbonyl (C=O) groups excluding carboxylic acids is 1. The number of hydrogen-bond donors (Lipinski definition) is 1. The third-order valence-electron chi connectivity index (χ3n) is 5.38. The van der Waals surface area contributed by atoms with Crippen LogP contribution in [0.2, 0.25) is 0 Å². The highest BCUT2D eigenvalue weighted by Gasteiger charge is 2.19. The summed E-state index contributed by atoms with van der Waals surface area (Å²) in [5.41, 5.74) is 5.49. The van der Waals surface area contributed by atoms with E-state index >= 15 is 0 Å². The molecule has 0 aliphatic heterocycles. The minimum absolute atomic E-state index is 0.261. The van der Waals surface area contributed by atoms with Crippen molar-refractivity contribution in [3.8, 4) is 22.8 Å². The zero-order chi connectivity index (χ0) is 21.4. The highest BCUT2D eigenvalue weighted by atomic mass is 16.5. The topological polar surface area (TPSA) is 77.8 Å². The SMILES string of the molecule is CCOc1ccc(Nc2nc(-c3ccc4c(c3)CC(=O)C4)cn3ccnc23)cc1OC. The molecule has 1 aliphatic carbocycles. The van der Waals surface area contributed by atoms with Gasteiger partial charge in [-0.1, -0.05) is 12.1 Å². The maximum atomic E-state index is 11.8. The summed E-state index contributed by atoms with van der Waals surface area (Å²) in [5.74, 6) is 2.23. The predicted molar refractivity (Wildman–Crippen MR) is 118 cm³/mol. The summed E-state index contributed by atoms with van der Waals surface area (Å²) in [5, 5.41) is 3.36. The van der Waals surface area contributed by atoms with Crippen LogP contribution in [0.5, 0.6) is 11.5 Å². The fraction of sp³-hybridized carbons (Fsp3) is 0.208. The molecule has 4 aromatic rings. The van der Waals surface area contributed by atoms with E-state index in [1.807, 2.05) is 54.0 Å². The molecule has 2 aromatic carbocycles. The number of nitrogens with one attached hydrogen (secondary N) is 1. The van der Waals surface area contributed by atoms with Crippen molar-refractivity contribution in [1.82, 2.24) is 14.4 Å². The van der Waals surface area contributed by atoms with Crippen LogP contribution in [0.4, 0.5) is 11.5 Å². The molecule has 1 aliphatic rings. The Balaban J connectivity index is 1.54. The van der Waals surface area contributed by atoms with Gasteiger partial charge in [0.15, 0.2) is 23.0 Å². The van der Waals surface area contributed by atoms with Gasteiger partial charge in [0.1, 0.15) is 5.78 Å². The largest absolute Gasteiger partial charge is 0.493 e. The second-order valence-electron chi connectivity index (χ2n) is 7.43. The van der Waals surface area contributed by atoms with Crippen molar-refractivity contribution in [3.63, 3.8) is 0 Å². The fourth-order valence-electron chi connectivity index (χ4n) is 3.92. The van der Waals surface area contributed by atoms with E-state index in [2.05, 4.69) is 16.4 Å². The van der Waals surface area contributed by atoms with Crippen molar-refractivity contribution in [2.24, 2.45) is 0 Å². The zero-order valence-corrected chi connectivity index (χ0v) is 17.4. The van der Waals surface area contributed by atoms with Gasteiger partial charge in [0.2, 0.25) is 0 Å². The first-order valence-electron chi connectivity index (χ1n) is 10.2. The Morgan fingerprint density at radius 3 is 2.81 bits per heavy atom. The maximum absolute atomic E-state index is 11.8. The molecule has 0 saturated heterocycles. The number of benzene rings is 2. The van der Waals surface area contributed by atoms with E-state index in [4.69, 9.17) is 14.5 Å². The minimum Gasteiger partial charge on any atom is -0.493 e. The van der Waals surface area contributed by atoms with Gasteiger partial charge >= 0.3 is 0 Å². The molecule has 0 saturated carbocycles. The van der Waals surface area contributed by atoms with E-state index in [-0.39, 0.29) is 5.78 Å². The highest BCUT2D eigenvalue weighted by molar-refractivity contribution is 5.88. The Kier molecular flexibility index (Phi) is 4.78. The molecule has 0 bridgehead atoms. The van der Waals surface area contributed by atoms with E-state index < -0.39 is 0 Å². The summed E-state index contributed by atoms with van der Waals surface area (Å²) < 4.78 is 13.0. The van der Waals surface area contributed by atoms with Crippen molar-refractivity contribution >= 4 is 22.9 Å². The van der Waals surface area contributed by atoms with Crippen molar-refractivity contribution in [1.29, 1.82) is 0 Å². The molecular formula is C24H22N4O3. The van der Waals surface area contributed by atoms with Gasteiger partial charge < -0.3 is 19.2 Å². The molecule has 31 heavy (non-hydrogen) atoms. The number of methoxy groups -OCH3 is 1. The standard InChI is InChI=1S/C24H22N4O3/c1-3-31-21-7-6-18(13-22(21)30-2)26-23-24-25-8-9-28(24)14-20(27-23)16-5-4-15-11-19(29)12-17(15)10-16/h4-10,13-14H,3,11-12H2,1-2H3,(H,26,27). The lowest BCUT2D eigenvalue weighted by atomic mass is 10.0.